The smallest absolute Gasteiger partial charge is 0.404 e. The SMILES string of the molecule is O=[N+]([O-])c1ccc(CNCC2CC2)o1. The molecule has 1 aromatic rings. The fourth-order valence-electron chi connectivity index (χ4n) is 1.28. The molecule has 1 N–H and O–H groups in total. The molecule has 0 spiro atoms. The normalized spacial score (nSPS) is 15.7. The molecule has 0 bridgehead atoms. The molecule has 1 fully saturated rings. The van der Waals surface area contributed by atoms with E-state index in [2.05, 4.69) is 5.32 Å². The molecule has 0 aromatic carbocycles. The third-order valence-electron chi connectivity index (χ3n) is 2.26. The molecule has 1 saturated carbocycles. The molecular weight excluding hydrogens is 184 g/mol. The Morgan fingerprint density at radius 2 is 2.36 bits per heavy atom. The van der Waals surface area contributed by atoms with Gasteiger partial charge in [-0.15, -0.1) is 0 Å². The number of nitrogens with one attached hydrogen (secondary N) is 1. The Morgan fingerprint density at radius 1 is 1.57 bits per heavy atom. The van der Waals surface area contributed by atoms with Crippen molar-refractivity contribution < 1.29 is 9.34 Å². The van der Waals surface area contributed by atoms with Crippen molar-refractivity contribution in [2.45, 2.75) is 19.4 Å². The molecule has 1 aromatic heterocycles. The molecule has 14 heavy (non-hydrogen) atoms. The Kier molecular flexibility index (Phi) is 2.49. The van der Waals surface area contributed by atoms with Crippen LogP contribution in [0, 0.1) is 16.0 Å². The van der Waals surface area contributed by atoms with Gasteiger partial charge in [0.05, 0.1) is 12.6 Å². The predicted octanol–water partition coefficient (Wildman–Crippen LogP) is 1.69. The van der Waals surface area contributed by atoms with Crippen LogP contribution in [-0.2, 0) is 6.54 Å². The van der Waals surface area contributed by atoms with E-state index >= 15 is 0 Å². The van der Waals surface area contributed by atoms with Crippen LogP contribution in [0.5, 0.6) is 0 Å². The maximum absolute atomic E-state index is 10.3. The van der Waals surface area contributed by atoms with Crippen LogP contribution in [0.15, 0.2) is 16.5 Å². The second-order valence-corrected chi connectivity index (χ2v) is 3.57. The van der Waals surface area contributed by atoms with E-state index in [1.54, 1.807) is 6.07 Å². The van der Waals surface area contributed by atoms with Gasteiger partial charge in [0.1, 0.15) is 10.7 Å². The van der Waals surface area contributed by atoms with Gasteiger partial charge in [0.2, 0.25) is 0 Å². The monoisotopic (exact) mass is 196 g/mol. The highest BCUT2D eigenvalue weighted by molar-refractivity contribution is 5.17. The standard InChI is InChI=1S/C9H12N2O3/c12-11(13)9-4-3-8(14-9)6-10-5-7-1-2-7/h3-4,7,10H,1-2,5-6H2. The number of hydrogen-bond donors (Lipinski definition) is 1. The zero-order valence-corrected chi connectivity index (χ0v) is 7.73. The van der Waals surface area contributed by atoms with Crippen LogP contribution in [0.25, 0.3) is 0 Å². The summed E-state index contributed by atoms with van der Waals surface area (Å²) in [7, 11) is 0. The topological polar surface area (TPSA) is 68.3 Å². The van der Waals surface area contributed by atoms with Gasteiger partial charge in [0.15, 0.2) is 0 Å². The molecule has 0 radical (unpaired) electrons. The Morgan fingerprint density at radius 3 is 2.93 bits per heavy atom. The van der Waals surface area contributed by atoms with Gasteiger partial charge in [-0.05, 0) is 31.4 Å². The Balaban J connectivity index is 1.79. The van der Waals surface area contributed by atoms with Gasteiger partial charge >= 0.3 is 5.88 Å². The molecule has 0 aliphatic heterocycles. The van der Waals surface area contributed by atoms with Gasteiger partial charge in [-0.1, -0.05) is 0 Å². The summed E-state index contributed by atoms with van der Waals surface area (Å²) in [5.41, 5.74) is 0. The second-order valence-electron chi connectivity index (χ2n) is 3.57. The molecule has 2 rings (SSSR count). The van der Waals surface area contributed by atoms with Crippen LogP contribution in [0.2, 0.25) is 0 Å². The molecule has 1 heterocycles. The Labute approximate surface area is 81.2 Å². The summed E-state index contributed by atoms with van der Waals surface area (Å²) >= 11 is 0. The van der Waals surface area contributed by atoms with Crippen LogP contribution in [-0.4, -0.2) is 11.5 Å². The first-order chi connectivity index (χ1) is 6.75. The van der Waals surface area contributed by atoms with E-state index in [0.717, 1.165) is 12.5 Å². The van der Waals surface area contributed by atoms with Gasteiger partial charge in [0, 0.05) is 0 Å². The van der Waals surface area contributed by atoms with E-state index in [4.69, 9.17) is 4.42 Å². The molecule has 0 amide bonds. The van der Waals surface area contributed by atoms with E-state index in [1.165, 1.54) is 18.9 Å². The number of rotatable bonds is 5. The molecule has 1 aliphatic rings. The number of furan rings is 1. The number of nitro groups is 1. The van der Waals surface area contributed by atoms with Crippen molar-refractivity contribution in [1.29, 1.82) is 0 Å². The maximum atomic E-state index is 10.3. The maximum Gasteiger partial charge on any atom is 0.433 e. The van der Waals surface area contributed by atoms with E-state index in [9.17, 15) is 10.1 Å². The average molecular weight is 196 g/mol. The first kappa shape index (κ1) is 9.21. The minimum absolute atomic E-state index is 0.187. The van der Waals surface area contributed by atoms with Crippen molar-refractivity contribution in [1.82, 2.24) is 5.32 Å². The quantitative estimate of drug-likeness (QED) is 0.574. The van der Waals surface area contributed by atoms with E-state index < -0.39 is 4.92 Å². The highest BCUT2D eigenvalue weighted by Crippen LogP contribution is 2.27. The van der Waals surface area contributed by atoms with Gasteiger partial charge < -0.3 is 9.73 Å². The lowest BCUT2D eigenvalue weighted by molar-refractivity contribution is -0.402. The fraction of sp³-hybridized carbons (Fsp3) is 0.556. The first-order valence-corrected chi connectivity index (χ1v) is 4.69. The molecule has 76 valence electrons. The summed E-state index contributed by atoms with van der Waals surface area (Å²) < 4.78 is 4.99. The third kappa shape index (κ3) is 2.32. The van der Waals surface area contributed by atoms with Crippen molar-refractivity contribution in [3.63, 3.8) is 0 Å². The van der Waals surface area contributed by atoms with Crippen LogP contribution in [0.3, 0.4) is 0 Å². The van der Waals surface area contributed by atoms with E-state index in [1.807, 2.05) is 0 Å². The summed E-state index contributed by atoms with van der Waals surface area (Å²) in [5.74, 6) is 1.24. The second kappa shape index (κ2) is 3.79. The van der Waals surface area contributed by atoms with Gasteiger partial charge in [0.25, 0.3) is 0 Å². The summed E-state index contributed by atoms with van der Waals surface area (Å²) in [4.78, 5) is 9.77. The van der Waals surface area contributed by atoms with Crippen molar-refractivity contribution in [3.05, 3.63) is 28.0 Å². The van der Waals surface area contributed by atoms with Gasteiger partial charge in [-0.2, -0.15) is 0 Å². The summed E-state index contributed by atoms with van der Waals surface area (Å²) in [5, 5.41) is 13.5. The lowest BCUT2D eigenvalue weighted by atomic mass is 10.4. The van der Waals surface area contributed by atoms with Crippen LogP contribution in [0.4, 0.5) is 5.88 Å². The zero-order valence-electron chi connectivity index (χ0n) is 7.73. The highest BCUT2D eigenvalue weighted by atomic mass is 16.6. The summed E-state index contributed by atoms with van der Waals surface area (Å²) in [6.07, 6.45) is 2.59. The fourth-order valence-corrected chi connectivity index (χ4v) is 1.28. The minimum Gasteiger partial charge on any atom is -0.404 e. The van der Waals surface area contributed by atoms with Crippen LogP contribution in [0.1, 0.15) is 18.6 Å². The molecule has 0 unspecified atom stereocenters. The first-order valence-electron chi connectivity index (χ1n) is 4.69. The molecule has 5 heteroatoms. The van der Waals surface area contributed by atoms with Crippen LogP contribution < -0.4 is 5.32 Å². The molecule has 0 atom stereocenters. The van der Waals surface area contributed by atoms with Crippen molar-refractivity contribution in [3.8, 4) is 0 Å². The third-order valence-corrected chi connectivity index (χ3v) is 2.26. The minimum atomic E-state index is -0.523. The lowest BCUT2D eigenvalue weighted by Crippen LogP contribution is -2.15. The summed E-state index contributed by atoms with van der Waals surface area (Å²) in [6.45, 7) is 1.55. The molecule has 0 saturated heterocycles. The predicted molar refractivity (Wildman–Crippen MR) is 49.8 cm³/mol. The average Bonchev–Trinajstić information content (AvgIpc) is 2.82. The Hall–Kier alpha value is -1.36. The molecule has 1 aliphatic carbocycles. The lowest BCUT2D eigenvalue weighted by Gasteiger charge is -1.98. The largest absolute Gasteiger partial charge is 0.433 e. The molecular formula is C9H12N2O3. The van der Waals surface area contributed by atoms with Crippen molar-refractivity contribution in [2.75, 3.05) is 6.54 Å². The highest BCUT2D eigenvalue weighted by Gasteiger charge is 2.20. The summed E-state index contributed by atoms with van der Waals surface area (Å²) in [6, 6.07) is 3.02. The molecule has 5 nitrogen and oxygen atoms in total. The van der Waals surface area contributed by atoms with Crippen LogP contribution >= 0.6 is 0 Å². The Bertz CT molecular complexity index is 331. The van der Waals surface area contributed by atoms with Gasteiger partial charge in [-0.3, -0.25) is 10.1 Å². The van der Waals surface area contributed by atoms with Crippen molar-refractivity contribution in [2.24, 2.45) is 5.92 Å². The van der Waals surface area contributed by atoms with E-state index in [0.29, 0.717) is 12.3 Å². The van der Waals surface area contributed by atoms with Crippen molar-refractivity contribution >= 4 is 5.88 Å². The number of hydrogen-bond acceptors (Lipinski definition) is 4. The zero-order chi connectivity index (χ0) is 9.97. The van der Waals surface area contributed by atoms with E-state index in [-0.39, 0.29) is 5.88 Å². The van der Waals surface area contributed by atoms with Gasteiger partial charge in [-0.25, -0.2) is 0 Å². The number of nitrogens with zero attached hydrogens (tertiary/aromatic N) is 1.